The van der Waals surface area contributed by atoms with Gasteiger partial charge < -0.3 is 19.7 Å². The molecule has 35 heavy (non-hydrogen) atoms. The number of carbonyl (C=O) groups excluding carboxylic acids is 2. The maximum atomic E-state index is 13.4. The van der Waals surface area contributed by atoms with Crippen LogP contribution >= 0.6 is 0 Å². The number of benzene rings is 1. The summed E-state index contributed by atoms with van der Waals surface area (Å²) in [6.07, 6.45) is 3.70. The number of carbonyl (C=O) groups is 2. The molecule has 0 bridgehead atoms. The molecule has 196 valence electrons. The van der Waals surface area contributed by atoms with Crippen molar-refractivity contribution in [2.45, 2.75) is 96.4 Å². The lowest BCUT2D eigenvalue weighted by atomic mass is 9.87. The van der Waals surface area contributed by atoms with E-state index in [1.807, 2.05) is 30.0 Å². The molecule has 1 aliphatic heterocycles. The minimum Gasteiger partial charge on any atom is -0.381 e. The van der Waals surface area contributed by atoms with Gasteiger partial charge in [0.05, 0.1) is 30.6 Å². The summed E-state index contributed by atoms with van der Waals surface area (Å²) >= 11 is 0. The van der Waals surface area contributed by atoms with Crippen LogP contribution in [0.25, 0.3) is 0 Å². The molecule has 2 aliphatic rings. The summed E-state index contributed by atoms with van der Waals surface area (Å²) in [6.45, 7) is 11.3. The van der Waals surface area contributed by atoms with Gasteiger partial charge in [0.2, 0.25) is 11.8 Å². The van der Waals surface area contributed by atoms with Crippen molar-refractivity contribution in [3.8, 4) is 0 Å². The smallest absolute Gasteiger partial charge is 0.225 e. The molecule has 1 aromatic carbocycles. The lowest BCUT2D eigenvalue weighted by Gasteiger charge is -2.35. The highest BCUT2D eigenvalue weighted by Crippen LogP contribution is 2.51. The van der Waals surface area contributed by atoms with Gasteiger partial charge in [-0.1, -0.05) is 64.4 Å². The molecule has 1 N–H and O–H groups in total. The maximum Gasteiger partial charge on any atom is 0.225 e. The number of likely N-dealkylation sites (tertiary alicyclic amines) is 1. The molecule has 1 heterocycles. The van der Waals surface area contributed by atoms with E-state index in [1.54, 1.807) is 14.2 Å². The van der Waals surface area contributed by atoms with E-state index in [9.17, 15) is 9.59 Å². The Morgan fingerprint density at radius 2 is 1.83 bits per heavy atom. The Bertz CT molecular complexity index is 846. The molecule has 0 radical (unpaired) electrons. The van der Waals surface area contributed by atoms with Crippen LogP contribution in [0.4, 0.5) is 0 Å². The molecule has 3 rings (SSSR count). The van der Waals surface area contributed by atoms with E-state index in [1.165, 1.54) is 5.56 Å². The van der Waals surface area contributed by atoms with Crippen molar-refractivity contribution in [2.24, 2.45) is 17.8 Å². The Morgan fingerprint density at radius 3 is 2.43 bits per heavy atom. The molecule has 1 aromatic rings. The monoisotopic (exact) mass is 486 g/mol. The highest BCUT2D eigenvalue weighted by atomic mass is 16.5. The third-order valence-electron chi connectivity index (χ3n) is 8.83. The number of amides is 2. The number of hydrogen-bond donors (Lipinski definition) is 1. The molecule has 1 saturated carbocycles. The van der Waals surface area contributed by atoms with E-state index >= 15 is 0 Å². The zero-order valence-electron chi connectivity index (χ0n) is 22.8. The quantitative estimate of drug-likeness (QED) is 0.462. The summed E-state index contributed by atoms with van der Waals surface area (Å²) in [7, 11) is 3.35. The molecule has 0 spiro atoms. The molecule has 6 nitrogen and oxygen atoms in total. The van der Waals surface area contributed by atoms with E-state index in [2.05, 4.69) is 45.1 Å². The standard InChI is InChI=1S/C29H46N2O4/c1-8-19(2)20(3)25(34-6)17-26(32)31-16-12-15-24(31)27(35-7)21(4)28(33)30-29(5)18-23(29)22-13-10-9-11-14-22/h9-11,13-14,19-21,23-25,27H,8,12,15-18H2,1-7H3,(H,30,33)/t19?,20-,21+,23+,24-,25+,27?,29-/m0/s1. The summed E-state index contributed by atoms with van der Waals surface area (Å²) in [5.74, 6) is 0.865. The minimum absolute atomic E-state index is 0.00255. The highest BCUT2D eigenvalue weighted by Gasteiger charge is 2.53. The SMILES string of the molecule is CCC(C)[C@H](C)[C@@H](CC(=O)N1CCC[C@H]1C(OC)[C@@H](C)C(=O)N[C@@]1(C)C[C@@H]1c1ccccc1)OC. The first-order valence-corrected chi connectivity index (χ1v) is 13.4. The van der Waals surface area contributed by atoms with Gasteiger partial charge in [0.15, 0.2) is 0 Å². The molecule has 1 aliphatic carbocycles. The number of ether oxygens (including phenoxy) is 2. The first-order chi connectivity index (χ1) is 16.7. The second kappa shape index (κ2) is 11.9. The molecule has 2 fully saturated rings. The van der Waals surface area contributed by atoms with Crippen LogP contribution in [0, 0.1) is 17.8 Å². The fourth-order valence-electron chi connectivity index (χ4n) is 5.87. The number of nitrogens with zero attached hydrogens (tertiary/aromatic N) is 1. The second-order valence-electron chi connectivity index (χ2n) is 11.1. The van der Waals surface area contributed by atoms with Crippen molar-refractivity contribution in [2.75, 3.05) is 20.8 Å². The van der Waals surface area contributed by atoms with Gasteiger partial charge in [-0.25, -0.2) is 0 Å². The molecular formula is C29H46N2O4. The zero-order chi connectivity index (χ0) is 25.8. The van der Waals surface area contributed by atoms with Crippen LogP contribution in [-0.2, 0) is 19.1 Å². The van der Waals surface area contributed by atoms with Crippen molar-refractivity contribution in [1.29, 1.82) is 0 Å². The molecule has 6 heteroatoms. The fourth-order valence-corrected chi connectivity index (χ4v) is 5.87. The van der Waals surface area contributed by atoms with Crippen LogP contribution < -0.4 is 5.32 Å². The first kappa shape index (κ1) is 27.7. The van der Waals surface area contributed by atoms with Crippen LogP contribution in [0.3, 0.4) is 0 Å². The lowest BCUT2D eigenvalue weighted by molar-refractivity contribution is -0.142. The summed E-state index contributed by atoms with van der Waals surface area (Å²) in [6, 6.07) is 10.3. The Balaban J connectivity index is 1.63. The van der Waals surface area contributed by atoms with Crippen molar-refractivity contribution in [3.05, 3.63) is 35.9 Å². The first-order valence-electron chi connectivity index (χ1n) is 13.4. The van der Waals surface area contributed by atoms with E-state index < -0.39 is 0 Å². The molecule has 1 saturated heterocycles. The number of hydrogen-bond acceptors (Lipinski definition) is 4. The van der Waals surface area contributed by atoms with Crippen molar-refractivity contribution >= 4 is 11.8 Å². The molecule has 0 aromatic heterocycles. The van der Waals surface area contributed by atoms with E-state index in [-0.39, 0.29) is 41.5 Å². The van der Waals surface area contributed by atoms with Gasteiger partial charge in [-0.3, -0.25) is 9.59 Å². The predicted molar refractivity (Wildman–Crippen MR) is 139 cm³/mol. The summed E-state index contributed by atoms with van der Waals surface area (Å²) in [4.78, 5) is 28.6. The normalized spacial score (nSPS) is 28.1. The van der Waals surface area contributed by atoms with Crippen LogP contribution in [0.15, 0.2) is 30.3 Å². The van der Waals surface area contributed by atoms with Crippen LogP contribution in [0.5, 0.6) is 0 Å². The zero-order valence-corrected chi connectivity index (χ0v) is 22.8. The van der Waals surface area contributed by atoms with Gasteiger partial charge in [0.1, 0.15) is 0 Å². The van der Waals surface area contributed by atoms with Gasteiger partial charge in [0.25, 0.3) is 0 Å². The molecular weight excluding hydrogens is 440 g/mol. The maximum absolute atomic E-state index is 13.4. The van der Waals surface area contributed by atoms with Crippen molar-refractivity contribution in [3.63, 3.8) is 0 Å². The van der Waals surface area contributed by atoms with E-state index in [0.29, 0.717) is 30.7 Å². The molecule has 8 atom stereocenters. The Hall–Kier alpha value is -1.92. The summed E-state index contributed by atoms with van der Waals surface area (Å²) < 4.78 is 11.6. The lowest BCUT2D eigenvalue weighted by Crippen LogP contribution is -2.51. The minimum atomic E-state index is -0.357. The van der Waals surface area contributed by atoms with E-state index in [0.717, 1.165) is 25.7 Å². The Kier molecular flexibility index (Phi) is 9.39. The third kappa shape index (κ3) is 6.26. The van der Waals surface area contributed by atoms with Crippen molar-refractivity contribution < 1.29 is 19.1 Å². The third-order valence-corrected chi connectivity index (χ3v) is 8.83. The van der Waals surface area contributed by atoms with Crippen LogP contribution in [-0.4, -0.2) is 61.3 Å². The summed E-state index contributed by atoms with van der Waals surface area (Å²) in [5.41, 5.74) is 1.03. The van der Waals surface area contributed by atoms with Gasteiger partial charge in [-0.15, -0.1) is 0 Å². The summed E-state index contributed by atoms with van der Waals surface area (Å²) in [5, 5.41) is 3.29. The Morgan fingerprint density at radius 1 is 1.14 bits per heavy atom. The predicted octanol–water partition coefficient (Wildman–Crippen LogP) is 4.78. The largest absolute Gasteiger partial charge is 0.381 e. The number of methoxy groups -OCH3 is 2. The van der Waals surface area contributed by atoms with Gasteiger partial charge in [-0.05, 0) is 43.6 Å². The number of rotatable bonds is 12. The van der Waals surface area contributed by atoms with Crippen LogP contribution in [0.2, 0.25) is 0 Å². The number of nitrogens with one attached hydrogen (secondary N) is 1. The van der Waals surface area contributed by atoms with Gasteiger partial charge in [-0.2, -0.15) is 0 Å². The highest BCUT2D eigenvalue weighted by molar-refractivity contribution is 5.81. The van der Waals surface area contributed by atoms with E-state index in [4.69, 9.17) is 9.47 Å². The van der Waals surface area contributed by atoms with Crippen molar-refractivity contribution in [1.82, 2.24) is 10.2 Å². The fraction of sp³-hybridized carbons (Fsp3) is 0.724. The second-order valence-corrected chi connectivity index (χ2v) is 11.1. The average molecular weight is 487 g/mol. The molecule has 2 unspecified atom stereocenters. The van der Waals surface area contributed by atoms with Gasteiger partial charge in [0, 0.05) is 32.2 Å². The topological polar surface area (TPSA) is 67.9 Å². The average Bonchev–Trinajstić information content (AvgIpc) is 3.28. The van der Waals surface area contributed by atoms with Gasteiger partial charge >= 0.3 is 0 Å². The Labute approximate surface area is 212 Å². The van der Waals surface area contributed by atoms with Crippen LogP contribution in [0.1, 0.15) is 78.2 Å². The molecule has 2 amide bonds.